The Kier molecular flexibility index (Phi) is 8.05. The zero-order valence-corrected chi connectivity index (χ0v) is 32.0. The molecule has 14 nitrogen and oxygen atoms in total. The Hall–Kier alpha value is -8.98. The minimum absolute atomic E-state index is 0.0311. The molecule has 0 spiro atoms. The van der Waals surface area contributed by atoms with Crippen LogP contribution in [0.2, 0.25) is 0 Å². The fourth-order valence-electron chi connectivity index (χ4n) is 8.81. The Morgan fingerprint density at radius 2 is 0.746 bits per heavy atom. The molecule has 1 heterocycles. The number of rotatable bonds is 4. The van der Waals surface area contributed by atoms with Gasteiger partial charge in [0.1, 0.15) is 19.2 Å². The molecule has 0 amide bonds. The van der Waals surface area contributed by atoms with Crippen molar-refractivity contribution in [2.24, 2.45) is 0 Å². The molecule has 0 atom stereocenters. The summed E-state index contributed by atoms with van der Waals surface area (Å²) >= 11 is 0. The summed E-state index contributed by atoms with van der Waals surface area (Å²) in [6.45, 7) is 0. The Morgan fingerprint density at radius 1 is 0.302 bits per heavy atom. The van der Waals surface area contributed by atoms with Crippen LogP contribution in [0.5, 0.6) is 74.7 Å². The molecule has 0 saturated carbocycles. The van der Waals surface area contributed by atoms with E-state index in [-0.39, 0.29) is 44.2 Å². The number of fused-ring (bicyclic) bond motifs is 7. The van der Waals surface area contributed by atoms with E-state index in [1.54, 1.807) is 97.1 Å². The third-order valence-electron chi connectivity index (χ3n) is 11.6. The van der Waals surface area contributed by atoms with Crippen LogP contribution in [0.3, 0.4) is 0 Å². The average molecular weight is 841 g/mol. The molecule has 0 aliphatic rings. The molecular formula is C48H29BO14. The number of hydrogen-bond acceptors (Lipinski definition) is 14. The first-order valence-corrected chi connectivity index (χ1v) is 18.9. The second-order valence-corrected chi connectivity index (χ2v) is 14.9. The predicted molar refractivity (Wildman–Crippen MR) is 235 cm³/mol. The van der Waals surface area contributed by atoms with Crippen molar-refractivity contribution in [1.82, 2.24) is 0 Å². The summed E-state index contributed by atoms with van der Waals surface area (Å²) < 4.78 is 6.24. The van der Waals surface area contributed by atoms with E-state index in [0.29, 0.717) is 43.6 Å². The highest BCUT2D eigenvalue weighted by Gasteiger charge is 2.34. The van der Waals surface area contributed by atoms with Crippen molar-refractivity contribution in [3.8, 4) is 119 Å². The third-order valence-corrected chi connectivity index (χ3v) is 11.6. The maximum atomic E-state index is 12.1. The highest BCUT2D eigenvalue weighted by Crippen LogP contribution is 2.61. The van der Waals surface area contributed by atoms with Crippen molar-refractivity contribution in [2.75, 3.05) is 0 Å². The molecule has 0 aliphatic heterocycles. The normalized spacial score (nSPS) is 11.7. The molecule has 0 unspecified atom stereocenters. The molecule has 10 aromatic rings. The highest BCUT2D eigenvalue weighted by atomic mass is 16.4. The maximum absolute atomic E-state index is 12.1. The van der Waals surface area contributed by atoms with Gasteiger partial charge in [-0.25, -0.2) is 0 Å². The first-order chi connectivity index (χ1) is 30.1. The number of aromatic hydroxyl groups is 13. The van der Waals surface area contributed by atoms with Gasteiger partial charge in [0.25, 0.3) is 0 Å². The fraction of sp³-hybridized carbons (Fsp3) is 0. The van der Waals surface area contributed by atoms with Crippen LogP contribution in [0.25, 0.3) is 98.8 Å². The Labute approximate surface area is 353 Å². The van der Waals surface area contributed by atoms with E-state index in [1.807, 2.05) is 0 Å². The summed E-state index contributed by atoms with van der Waals surface area (Å²) in [5, 5.41) is 145. The lowest BCUT2D eigenvalue weighted by molar-refractivity contribution is 0.348. The Morgan fingerprint density at radius 3 is 1.30 bits per heavy atom. The van der Waals surface area contributed by atoms with Crippen LogP contribution in [0.4, 0.5) is 0 Å². The monoisotopic (exact) mass is 840 g/mol. The van der Waals surface area contributed by atoms with Crippen molar-refractivity contribution < 1.29 is 70.8 Å². The molecule has 1 aromatic heterocycles. The molecule has 15 heteroatoms. The molecular weight excluding hydrogens is 811 g/mol. The van der Waals surface area contributed by atoms with E-state index in [0.717, 1.165) is 0 Å². The van der Waals surface area contributed by atoms with E-state index in [9.17, 15) is 66.4 Å². The van der Waals surface area contributed by atoms with Gasteiger partial charge in [-0.1, -0.05) is 84.9 Å². The second kappa shape index (κ2) is 13.3. The molecule has 0 saturated heterocycles. The number of hydrogen-bond donors (Lipinski definition) is 13. The van der Waals surface area contributed by atoms with Gasteiger partial charge in [0, 0.05) is 27.5 Å². The van der Waals surface area contributed by atoms with Gasteiger partial charge in [0.05, 0.1) is 21.9 Å². The third kappa shape index (κ3) is 5.01. The molecule has 308 valence electrons. The molecule has 0 bridgehead atoms. The van der Waals surface area contributed by atoms with Gasteiger partial charge in [0.15, 0.2) is 51.6 Å². The highest BCUT2D eigenvalue weighted by molar-refractivity contribution is 6.39. The summed E-state index contributed by atoms with van der Waals surface area (Å²) in [6.07, 6.45) is 0. The summed E-state index contributed by atoms with van der Waals surface area (Å²) in [7, 11) is 5.92. The van der Waals surface area contributed by atoms with Gasteiger partial charge in [-0.3, -0.25) is 0 Å². The molecule has 10 rings (SSSR count). The molecule has 0 aliphatic carbocycles. The minimum Gasteiger partial charge on any atom is -0.506 e. The van der Waals surface area contributed by atoms with E-state index in [2.05, 4.69) is 0 Å². The van der Waals surface area contributed by atoms with Crippen molar-refractivity contribution in [3.63, 3.8) is 0 Å². The van der Waals surface area contributed by atoms with Gasteiger partial charge in [-0.15, -0.1) is 0 Å². The van der Waals surface area contributed by atoms with E-state index in [1.165, 1.54) is 0 Å². The lowest BCUT2D eigenvalue weighted by atomic mass is 9.81. The minimum atomic E-state index is -1.26. The molecule has 2 radical (unpaired) electrons. The van der Waals surface area contributed by atoms with Crippen molar-refractivity contribution in [1.29, 1.82) is 0 Å². The number of phenolic OH excluding ortho intramolecular Hbond substituents is 13. The molecule has 0 fully saturated rings. The van der Waals surface area contributed by atoms with Crippen molar-refractivity contribution in [3.05, 3.63) is 97.1 Å². The van der Waals surface area contributed by atoms with Gasteiger partial charge in [-0.05, 0) is 55.8 Å². The predicted octanol–water partition coefficient (Wildman–Crippen LogP) is 8.68. The van der Waals surface area contributed by atoms with Crippen LogP contribution in [0.15, 0.2) is 101 Å². The van der Waals surface area contributed by atoms with E-state index in [4.69, 9.17) is 12.3 Å². The SMILES string of the molecule is [B]c1c(O)c(O)c(O)c(O)c1-c1c(O)c(O)c(-c2c3ccccc3c(-c3ccc4oc5c6c(O)c(O)c(O)c(O)c6c(-c6ccccc6)c(O)c5c4c3)c3ccccc23)c(O)c1O. The Bertz CT molecular complexity index is 3560. The average Bonchev–Trinajstić information content (AvgIpc) is 3.68. The van der Waals surface area contributed by atoms with Crippen LogP contribution in [0, 0.1) is 0 Å². The van der Waals surface area contributed by atoms with Crippen LogP contribution in [-0.4, -0.2) is 74.2 Å². The standard InChI is InChI=1S/C48H29BO14/c49-34-30(37(52)45(60)47(62)43(34)58)32-40(55)38(53)31(39(54)41(32)56)27-21-12-6-4-10-19(21)25(20-11-5-7-13-22(20)27)18-14-15-24-23(16-18)28-35(50)26(17-8-2-1-3-9-17)29-33(48(28)63-24)42(57)46(61)44(59)36(29)51/h1-16,50-62H. The fourth-order valence-corrected chi connectivity index (χ4v) is 8.81. The lowest BCUT2D eigenvalue weighted by Crippen LogP contribution is -2.09. The maximum Gasteiger partial charge on any atom is 0.205 e. The van der Waals surface area contributed by atoms with Gasteiger partial charge in [-0.2, -0.15) is 0 Å². The van der Waals surface area contributed by atoms with Crippen LogP contribution < -0.4 is 5.46 Å². The summed E-state index contributed by atoms with van der Waals surface area (Å²) in [6, 6.07) is 27.2. The number of furan rings is 1. The zero-order chi connectivity index (χ0) is 44.5. The number of phenols is 13. The van der Waals surface area contributed by atoms with Crippen LogP contribution in [-0.2, 0) is 0 Å². The summed E-state index contributed by atoms with van der Waals surface area (Å²) in [5.74, 6) is -13.0. The first kappa shape index (κ1) is 38.2. The van der Waals surface area contributed by atoms with Gasteiger partial charge in [0.2, 0.25) is 23.0 Å². The smallest absolute Gasteiger partial charge is 0.205 e. The van der Waals surface area contributed by atoms with Gasteiger partial charge >= 0.3 is 0 Å². The van der Waals surface area contributed by atoms with Crippen LogP contribution in [0.1, 0.15) is 0 Å². The molecule has 9 aromatic carbocycles. The molecule has 13 N–H and O–H groups in total. The quantitative estimate of drug-likeness (QED) is 0.0342. The zero-order valence-electron chi connectivity index (χ0n) is 32.0. The second-order valence-electron chi connectivity index (χ2n) is 14.9. The summed E-state index contributed by atoms with van der Waals surface area (Å²) in [5.41, 5.74) is -1.09. The largest absolute Gasteiger partial charge is 0.506 e. The van der Waals surface area contributed by atoms with Gasteiger partial charge < -0.3 is 70.8 Å². The van der Waals surface area contributed by atoms with E-state index < -0.39 is 91.1 Å². The summed E-state index contributed by atoms with van der Waals surface area (Å²) in [4.78, 5) is 0. The first-order valence-electron chi connectivity index (χ1n) is 18.9. The Balaban J connectivity index is 1.28. The molecule has 63 heavy (non-hydrogen) atoms. The topological polar surface area (TPSA) is 276 Å². The van der Waals surface area contributed by atoms with Crippen molar-refractivity contribution >= 4 is 67.6 Å². The van der Waals surface area contributed by atoms with Crippen LogP contribution >= 0.6 is 0 Å². The number of benzene rings is 9. The van der Waals surface area contributed by atoms with E-state index >= 15 is 0 Å². The lowest BCUT2D eigenvalue weighted by Gasteiger charge is -2.22. The van der Waals surface area contributed by atoms with Crippen molar-refractivity contribution in [2.45, 2.75) is 0 Å².